The first-order chi connectivity index (χ1) is 9.81. The van der Waals surface area contributed by atoms with Gasteiger partial charge in [0.15, 0.2) is 0 Å². The van der Waals surface area contributed by atoms with Crippen molar-refractivity contribution in [3.05, 3.63) is 42.0 Å². The average Bonchev–Trinajstić information content (AvgIpc) is 2.54. The van der Waals surface area contributed by atoms with Crippen molar-refractivity contribution in [1.82, 2.24) is 10.2 Å². The van der Waals surface area contributed by atoms with Crippen LogP contribution in [0.4, 0.5) is 0 Å². The summed E-state index contributed by atoms with van der Waals surface area (Å²) in [6.07, 6.45) is 0. The highest BCUT2D eigenvalue weighted by Gasteiger charge is 2.20. The average molecular weight is 270 g/mol. The fraction of sp³-hybridized carbons (Fsp3) is 0.412. The molecule has 0 amide bonds. The van der Waals surface area contributed by atoms with Gasteiger partial charge < -0.3 is 10.1 Å². The molecular weight excluding hydrogens is 248 g/mol. The molecule has 3 nitrogen and oxygen atoms in total. The molecule has 1 N–H and O–H groups in total. The fourth-order valence-corrected chi connectivity index (χ4v) is 3.10. The summed E-state index contributed by atoms with van der Waals surface area (Å²) < 4.78 is 5.48. The van der Waals surface area contributed by atoms with Crippen LogP contribution in [0.15, 0.2) is 36.4 Å². The Bertz CT molecular complexity index is 591. The molecule has 3 rings (SSSR count). The summed E-state index contributed by atoms with van der Waals surface area (Å²) in [5.74, 6) is 0.955. The van der Waals surface area contributed by atoms with Crippen LogP contribution in [0.25, 0.3) is 10.8 Å². The van der Waals surface area contributed by atoms with Crippen LogP contribution in [-0.4, -0.2) is 38.2 Å². The summed E-state index contributed by atoms with van der Waals surface area (Å²) in [5.41, 5.74) is 1.39. The van der Waals surface area contributed by atoms with Gasteiger partial charge in [-0.2, -0.15) is 0 Å². The third-order valence-electron chi connectivity index (χ3n) is 4.29. The zero-order valence-corrected chi connectivity index (χ0v) is 12.2. The van der Waals surface area contributed by atoms with E-state index in [4.69, 9.17) is 4.74 Å². The van der Waals surface area contributed by atoms with Crippen LogP contribution in [0.2, 0.25) is 0 Å². The van der Waals surface area contributed by atoms with Gasteiger partial charge >= 0.3 is 0 Å². The number of ether oxygens (including phenoxy) is 1. The zero-order chi connectivity index (χ0) is 13.9. The molecule has 0 radical (unpaired) electrons. The van der Waals surface area contributed by atoms with Gasteiger partial charge in [-0.1, -0.05) is 30.3 Å². The predicted octanol–water partition coefficient (Wildman–Crippen LogP) is 2.81. The molecule has 0 saturated carbocycles. The number of fused-ring (bicyclic) bond motifs is 1. The Kier molecular flexibility index (Phi) is 3.90. The Morgan fingerprint density at radius 2 is 1.75 bits per heavy atom. The standard InChI is InChI=1S/C17H22N2O/c1-13(19-11-9-18-10-12-19)14-7-8-17(20-2)16-6-4-3-5-15(14)16/h3-8,13,18H,9-12H2,1-2H3/t13-/m0/s1. The molecule has 0 aliphatic carbocycles. The number of benzene rings is 2. The van der Waals surface area contributed by atoms with Crippen molar-refractivity contribution in [1.29, 1.82) is 0 Å². The highest BCUT2D eigenvalue weighted by atomic mass is 16.5. The second-order valence-corrected chi connectivity index (χ2v) is 5.36. The summed E-state index contributed by atoms with van der Waals surface area (Å²) in [7, 11) is 1.74. The molecule has 0 bridgehead atoms. The van der Waals surface area contributed by atoms with Gasteiger partial charge in [-0.25, -0.2) is 0 Å². The van der Waals surface area contributed by atoms with E-state index in [0.29, 0.717) is 6.04 Å². The molecule has 2 aromatic rings. The number of rotatable bonds is 3. The molecule has 1 aliphatic rings. The highest BCUT2D eigenvalue weighted by Crippen LogP contribution is 2.33. The van der Waals surface area contributed by atoms with Crippen molar-refractivity contribution in [2.45, 2.75) is 13.0 Å². The number of piperazine rings is 1. The molecule has 1 saturated heterocycles. The number of nitrogens with one attached hydrogen (secondary N) is 1. The van der Waals surface area contributed by atoms with E-state index in [0.717, 1.165) is 31.9 Å². The second kappa shape index (κ2) is 5.81. The third-order valence-corrected chi connectivity index (χ3v) is 4.29. The van der Waals surface area contributed by atoms with Crippen molar-refractivity contribution in [2.24, 2.45) is 0 Å². The molecule has 1 fully saturated rings. The topological polar surface area (TPSA) is 24.5 Å². The normalized spacial score (nSPS) is 18.1. The maximum atomic E-state index is 5.48. The molecule has 106 valence electrons. The van der Waals surface area contributed by atoms with Crippen LogP contribution in [0.5, 0.6) is 5.75 Å². The Hall–Kier alpha value is -1.58. The SMILES string of the molecule is COc1ccc([C@H](C)N2CCNCC2)c2ccccc12. The molecule has 2 aromatic carbocycles. The first-order valence-electron chi connectivity index (χ1n) is 7.31. The number of nitrogens with zero attached hydrogens (tertiary/aromatic N) is 1. The molecule has 1 atom stereocenters. The van der Waals surface area contributed by atoms with Crippen LogP contribution < -0.4 is 10.1 Å². The van der Waals surface area contributed by atoms with Crippen LogP contribution in [0, 0.1) is 0 Å². The lowest BCUT2D eigenvalue weighted by atomic mass is 9.97. The lowest BCUT2D eigenvalue weighted by molar-refractivity contribution is 0.186. The molecule has 0 aromatic heterocycles. The van der Waals surface area contributed by atoms with Gasteiger partial charge in [0.1, 0.15) is 5.75 Å². The minimum atomic E-state index is 0.438. The first-order valence-corrected chi connectivity index (χ1v) is 7.31. The summed E-state index contributed by atoms with van der Waals surface area (Å²) in [4.78, 5) is 2.55. The minimum absolute atomic E-state index is 0.438. The zero-order valence-electron chi connectivity index (χ0n) is 12.2. The minimum Gasteiger partial charge on any atom is -0.496 e. The van der Waals surface area contributed by atoms with E-state index in [1.54, 1.807) is 7.11 Å². The Morgan fingerprint density at radius 3 is 2.45 bits per heavy atom. The lowest BCUT2D eigenvalue weighted by Gasteiger charge is -2.33. The quantitative estimate of drug-likeness (QED) is 0.928. The summed E-state index contributed by atoms with van der Waals surface area (Å²) in [6, 6.07) is 13.3. The molecular formula is C17H22N2O. The van der Waals surface area contributed by atoms with Crippen molar-refractivity contribution in [3.8, 4) is 5.75 Å². The highest BCUT2D eigenvalue weighted by molar-refractivity contribution is 5.91. The fourth-order valence-electron chi connectivity index (χ4n) is 3.10. The second-order valence-electron chi connectivity index (χ2n) is 5.36. The molecule has 0 spiro atoms. The first kappa shape index (κ1) is 13.4. The van der Waals surface area contributed by atoms with Gasteiger partial charge in [-0.15, -0.1) is 0 Å². The van der Waals surface area contributed by atoms with Crippen molar-refractivity contribution >= 4 is 10.8 Å². The van der Waals surface area contributed by atoms with Crippen molar-refractivity contribution < 1.29 is 4.74 Å². The monoisotopic (exact) mass is 270 g/mol. The van der Waals surface area contributed by atoms with Gasteiger partial charge in [0.25, 0.3) is 0 Å². The van der Waals surface area contributed by atoms with E-state index in [2.05, 4.69) is 53.5 Å². The summed E-state index contributed by atoms with van der Waals surface area (Å²) >= 11 is 0. The van der Waals surface area contributed by atoms with Gasteiger partial charge in [0.05, 0.1) is 7.11 Å². The molecule has 3 heteroatoms. The lowest BCUT2D eigenvalue weighted by Crippen LogP contribution is -2.44. The Morgan fingerprint density at radius 1 is 1.05 bits per heavy atom. The molecule has 0 unspecified atom stereocenters. The van der Waals surface area contributed by atoms with Crippen LogP contribution in [-0.2, 0) is 0 Å². The summed E-state index contributed by atoms with van der Waals surface area (Å²) in [5, 5.41) is 5.92. The van der Waals surface area contributed by atoms with Gasteiger partial charge in [-0.05, 0) is 23.9 Å². The maximum Gasteiger partial charge on any atom is 0.126 e. The van der Waals surface area contributed by atoms with E-state index < -0.39 is 0 Å². The van der Waals surface area contributed by atoms with E-state index >= 15 is 0 Å². The number of methoxy groups -OCH3 is 1. The van der Waals surface area contributed by atoms with Crippen molar-refractivity contribution in [2.75, 3.05) is 33.3 Å². The van der Waals surface area contributed by atoms with Gasteiger partial charge in [0, 0.05) is 37.6 Å². The van der Waals surface area contributed by atoms with Crippen LogP contribution in [0.3, 0.4) is 0 Å². The van der Waals surface area contributed by atoms with Gasteiger partial charge in [-0.3, -0.25) is 4.90 Å². The van der Waals surface area contributed by atoms with E-state index in [1.165, 1.54) is 16.3 Å². The predicted molar refractivity (Wildman–Crippen MR) is 83.4 cm³/mol. The Labute approximate surface area is 120 Å². The number of hydrogen-bond donors (Lipinski definition) is 1. The van der Waals surface area contributed by atoms with Gasteiger partial charge in [0.2, 0.25) is 0 Å². The largest absolute Gasteiger partial charge is 0.496 e. The maximum absolute atomic E-state index is 5.48. The van der Waals surface area contributed by atoms with Crippen LogP contribution >= 0.6 is 0 Å². The van der Waals surface area contributed by atoms with E-state index in [-0.39, 0.29) is 0 Å². The molecule has 20 heavy (non-hydrogen) atoms. The smallest absolute Gasteiger partial charge is 0.126 e. The van der Waals surface area contributed by atoms with Crippen molar-refractivity contribution in [3.63, 3.8) is 0 Å². The van der Waals surface area contributed by atoms with E-state index in [1.807, 2.05) is 0 Å². The molecule has 1 heterocycles. The number of hydrogen-bond acceptors (Lipinski definition) is 3. The van der Waals surface area contributed by atoms with E-state index in [9.17, 15) is 0 Å². The third kappa shape index (κ3) is 2.39. The Balaban J connectivity index is 2.02. The van der Waals surface area contributed by atoms with Crippen LogP contribution in [0.1, 0.15) is 18.5 Å². The summed E-state index contributed by atoms with van der Waals surface area (Å²) in [6.45, 7) is 6.69. The molecule has 1 aliphatic heterocycles.